The van der Waals surface area contributed by atoms with Gasteiger partial charge in [-0.25, -0.2) is 8.78 Å². The van der Waals surface area contributed by atoms with Crippen molar-refractivity contribution in [1.29, 1.82) is 0 Å². The predicted molar refractivity (Wildman–Crippen MR) is 66.7 cm³/mol. The lowest BCUT2D eigenvalue weighted by molar-refractivity contribution is -0.384. The molecule has 0 N–H and O–H groups in total. The molecule has 2 aromatic carbocycles. The Morgan fingerprint density at radius 3 is 2.42 bits per heavy atom. The summed E-state index contributed by atoms with van der Waals surface area (Å²) in [7, 11) is 0. The van der Waals surface area contributed by atoms with E-state index >= 15 is 0 Å². The van der Waals surface area contributed by atoms with Crippen LogP contribution in [0.15, 0.2) is 47.5 Å². The Kier molecular flexibility index (Phi) is 3.61. The van der Waals surface area contributed by atoms with E-state index in [1.807, 2.05) is 0 Å². The zero-order valence-electron chi connectivity index (χ0n) is 9.59. The first-order valence-electron chi connectivity index (χ1n) is 5.30. The van der Waals surface area contributed by atoms with Crippen LogP contribution in [0.1, 0.15) is 5.56 Å². The topological polar surface area (TPSA) is 55.5 Å². The Morgan fingerprint density at radius 2 is 1.79 bits per heavy atom. The predicted octanol–water partition coefficient (Wildman–Crippen LogP) is 3.62. The molecular formula is C13H8F2N2O2. The molecule has 0 aromatic heterocycles. The van der Waals surface area contributed by atoms with Gasteiger partial charge < -0.3 is 0 Å². The van der Waals surface area contributed by atoms with Gasteiger partial charge in [0.15, 0.2) is 0 Å². The number of nitro groups is 1. The first-order chi connectivity index (χ1) is 9.06. The highest BCUT2D eigenvalue weighted by molar-refractivity contribution is 5.82. The van der Waals surface area contributed by atoms with Gasteiger partial charge in [0, 0.05) is 18.3 Å². The van der Waals surface area contributed by atoms with Gasteiger partial charge in [-0.1, -0.05) is 12.1 Å². The maximum Gasteiger partial charge on any atom is 0.271 e. The average molecular weight is 262 g/mol. The number of non-ortho nitro benzene ring substituents is 1. The Morgan fingerprint density at radius 1 is 1.11 bits per heavy atom. The summed E-state index contributed by atoms with van der Waals surface area (Å²) < 4.78 is 26.1. The molecule has 0 aliphatic rings. The Hall–Kier alpha value is -2.63. The quantitative estimate of drug-likeness (QED) is 0.482. The van der Waals surface area contributed by atoms with Crippen LogP contribution < -0.4 is 0 Å². The maximum absolute atomic E-state index is 13.4. The zero-order valence-corrected chi connectivity index (χ0v) is 9.59. The molecule has 0 saturated carbocycles. The number of aliphatic imine (C=N–C) groups is 1. The molecule has 0 fully saturated rings. The smallest absolute Gasteiger partial charge is 0.258 e. The van der Waals surface area contributed by atoms with Crippen LogP contribution in [0, 0.1) is 21.7 Å². The molecule has 0 amide bonds. The summed E-state index contributed by atoms with van der Waals surface area (Å²) in [5, 5.41) is 10.6. The molecule has 96 valence electrons. The van der Waals surface area contributed by atoms with Crippen molar-refractivity contribution in [2.24, 2.45) is 4.99 Å². The van der Waals surface area contributed by atoms with Gasteiger partial charge in [-0.15, -0.1) is 0 Å². The molecule has 19 heavy (non-hydrogen) atoms. The van der Waals surface area contributed by atoms with E-state index in [1.54, 1.807) is 0 Å². The highest BCUT2D eigenvalue weighted by Gasteiger charge is 2.09. The van der Waals surface area contributed by atoms with Crippen molar-refractivity contribution in [3.8, 4) is 0 Å². The third kappa shape index (κ3) is 3.19. The number of hydrogen-bond donors (Lipinski definition) is 0. The van der Waals surface area contributed by atoms with Crippen LogP contribution in [-0.4, -0.2) is 11.1 Å². The van der Waals surface area contributed by atoms with Crippen molar-refractivity contribution in [2.75, 3.05) is 0 Å². The van der Waals surface area contributed by atoms with Crippen LogP contribution in [0.25, 0.3) is 0 Å². The van der Waals surface area contributed by atoms with E-state index in [1.165, 1.54) is 30.5 Å². The fourth-order valence-electron chi connectivity index (χ4n) is 1.41. The molecule has 0 heterocycles. The number of hydrogen-bond acceptors (Lipinski definition) is 3. The molecule has 0 unspecified atom stereocenters. The lowest BCUT2D eigenvalue weighted by atomic mass is 10.2. The molecule has 2 rings (SSSR count). The Bertz CT molecular complexity index is 640. The monoisotopic (exact) mass is 262 g/mol. The summed E-state index contributed by atoms with van der Waals surface area (Å²) in [6.07, 6.45) is 1.31. The van der Waals surface area contributed by atoms with Crippen LogP contribution in [0.3, 0.4) is 0 Å². The SMILES string of the molecule is O=[N+]([O-])c1ccc(F)c(N=Cc2ccc(F)cc2)c1. The molecule has 0 spiro atoms. The average Bonchev–Trinajstić information content (AvgIpc) is 2.39. The van der Waals surface area contributed by atoms with Gasteiger partial charge in [-0.3, -0.25) is 15.1 Å². The number of halogens is 2. The van der Waals surface area contributed by atoms with E-state index in [-0.39, 0.29) is 11.4 Å². The van der Waals surface area contributed by atoms with Gasteiger partial charge in [-0.05, 0) is 23.8 Å². The van der Waals surface area contributed by atoms with Crippen LogP contribution in [0.5, 0.6) is 0 Å². The van der Waals surface area contributed by atoms with Gasteiger partial charge >= 0.3 is 0 Å². The first-order valence-corrected chi connectivity index (χ1v) is 5.30. The molecule has 4 nitrogen and oxygen atoms in total. The minimum atomic E-state index is -0.663. The van der Waals surface area contributed by atoms with Gasteiger partial charge in [0.05, 0.1) is 4.92 Å². The number of nitro benzene ring substituents is 1. The summed E-state index contributed by atoms with van der Waals surface area (Å²) >= 11 is 0. The summed E-state index contributed by atoms with van der Waals surface area (Å²) in [6, 6.07) is 8.50. The third-order valence-electron chi connectivity index (χ3n) is 2.36. The Labute approximate surface area is 107 Å². The molecule has 2 aromatic rings. The maximum atomic E-state index is 13.4. The lowest BCUT2D eigenvalue weighted by Crippen LogP contribution is -1.88. The molecule has 0 saturated heterocycles. The van der Waals surface area contributed by atoms with Crippen LogP contribution in [0.4, 0.5) is 20.2 Å². The van der Waals surface area contributed by atoms with Crippen LogP contribution >= 0.6 is 0 Å². The molecule has 0 bridgehead atoms. The highest BCUT2D eigenvalue weighted by Crippen LogP contribution is 2.23. The van der Waals surface area contributed by atoms with E-state index < -0.39 is 16.6 Å². The van der Waals surface area contributed by atoms with E-state index in [9.17, 15) is 18.9 Å². The Balaban J connectivity index is 2.29. The molecule has 6 heteroatoms. The van der Waals surface area contributed by atoms with Gasteiger partial charge in [0.2, 0.25) is 0 Å². The van der Waals surface area contributed by atoms with Gasteiger partial charge in [-0.2, -0.15) is 0 Å². The van der Waals surface area contributed by atoms with Crippen LogP contribution in [-0.2, 0) is 0 Å². The lowest BCUT2D eigenvalue weighted by Gasteiger charge is -1.97. The standard InChI is InChI=1S/C13H8F2N2O2/c14-10-3-1-9(2-4-10)8-16-13-7-11(17(18)19)5-6-12(13)15/h1-8H. The number of benzene rings is 2. The molecule has 0 aliphatic heterocycles. The van der Waals surface area contributed by atoms with Crippen molar-refractivity contribution in [3.05, 3.63) is 69.8 Å². The minimum absolute atomic E-state index is 0.140. The van der Waals surface area contributed by atoms with E-state index in [0.717, 1.165) is 18.2 Å². The number of nitrogens with zero attached hydrogens (tertiary/aromatic N) is 2. The van der Waals surface area contributed by atoms with Crippen LogP contribution in [0.2, 0.25) is 0 Å². The zero-order chi connectivity index (χ0) is 13.8. The van der Waals surface area contributed by atoms with Crippen molar-refractivity contribution in [1.82, 2.24) is 0 Å². The first kappa shape index (κ1) is 12.8. The molecule has 0 radical (unpaired) electrons. The molecule has 0 atom stereocenters. The minimum Gasteiger partial charge on any atom is -0.258 e. The van der Waals surface area contributed by atoms with Crippen molar-refractivity contribution in [2.45, 2.75) is 0 Å². The summed E-state index contributed by atoms with van der Waals surface area (Å²) in [4.78, 5) is 13.8. The normalized spacial score (nSPS) is 10.8. The summed E-state index contributed by atoms with van der Waals surface area (Å²) in [5.41, 5.74) is 0.179. The second kappa shape index (κ2) is 5.34. The molecule has 0 aliphatic carbocycles. The fourth-order valence-corrected chi connectivity index (χ4v) is 1.41. The molecular weight excluding hydrogens is 254 g/mol. The second-order valence-corrected chi connectivity index (χ2v) is 3.70. The van der Waals surface area contributed by atoms with Crippen molar-refractivity contribution >= 4 is 17.6 Å². The summed E-state index contributed by atoms with van der Waals surface area (Å²) in [6.45, 7) is 0. The van der Waals surface area contributed by atoms with E-state index in [0.29, 0.717) is 5.56 Å². The van der Waals surface area contributed by atoms with Gasteiger partial charge in [0.25, 0.3) is 5.69 Å². The van der Waals surface area contributed by atoms with Gasteiger partial charge in [0.1, 0.15) is 17.3 Å². The number of rotatable bonds is 3. The largest absolute Gasteiger partial charge is 0.271 e. The third-order valence-corrected chi connectivity index (χ3v) is 2.36. The van der Waals surface area contributed by atoms with E-state index in [4.69, 9.17) is 0 Å². The fraction of sp³-hybridized carbons (Fsp3) is 0. The highest BCUT2D eigenvalue weighted by atomic mass is 19.1. The van der Waals surface area contributed by atoms with Crippen molar-refractivity contribution < 1.29 is 13.7 Å². The van der Waals surface area contributed by atoms with Crippen molar-refractivity contribution in [3.63, 3.8) is 0 Å². The second-order valence-electron chi connectivity index (χ2n) is 3.70. The van der Waals surface area contributed by atoms with E-state index in [2.05, 4.69) is 4.99 Å². The summed E-state index contributed by atoms with van der Waals surface area (Å²) in [5.74, 6) is -1.05.